The third kappa shape index (κ3) is 2.75. The van der Waals surface area contributed by atoms with Gasteiger partial charge < -0.3 is 14.4 Å². The number of hydrogen-bond donors (Lipinski definition) is 0. The van der Waals surface area contributed by atoms with Crippen molar-refractivity contribution < 1.29 is 14.3 Å². The minimum atomic E-state index is -0.244. The van der Waals surface area contributed by atoms with Gasteiger partial charge in [0.15, 0.2) is 6.10 Å². The van der Waals surface area contributed by atoms with Crippen molar-refractivity contribution in [2.75, 3.05) is 19.7 Å². The van der Waals surface area contributed by atoms with E-state index in [4.69, 9.17) is 9.47 Å². The molecule has 4 nitrogen and oxygen atoms in total. The Hall–Kier alpha value is -1.71. The van der Waals surface area contributed by atoms with Crippen LogP contribution >= 0.6 is 0 Å². The number of benzene rings is 1. The van der Waals surface area contributed by atoms with Crippen LogP contribution in [0.3, 0.4) is 0 Å². The third-order valence-corrected chi connectivity index (χ3v) is 3.09. The van der Waals surface area contributed by atoms with E-state index in [9.17, 15) is 4.79 Å². The second kappa shape index (κ2) is 5.29. The molecule has 1 fully saturated rings. The number of carbonyl (C=O) groups is 1. The molecule has 1 heterocycles. The van der Waals surface area contributed by atoms with Gasteiger partial charge in [0.05, 0.1) is 6.54 Å². The molecule has 0 saturated carbocycles. The van der Waals surface area contributed by atoms with E-state index in [1.54, 1.807) is 4.90 Å². The second-order valence-corrected chi connectivity index (χ2v) is 4.62. The highest BCUT2D eigenvalue weighted by atomic mass is 16.6. The smallest absolute Gasteiger partial charge is 0.410 e. The molecule has 0 aromatic heterocycles. The summed E-state index contributed by atoms with van der Waals surface area (Å²) in [6.07, 6.45) is -0.412. The van der Waals surface area contributed by atoms with Crippen LogP contribution in [0.25, 0.3) is 0 Å². The molecule has 0 spiro atoms. The quantitative estimate of drug-likeness (QED) is 0.823. The molecule has 2 rings (SSSR count). The van der Waals surface area contributed by atoms with E-state index in [2.05, 4.69) is 13.0 Å². The first-order chi connectivity index (χ1) is 8.60. The topological polar surface area (TPSA) is 38.8 Å². The molecule has 1 saturated heterocycles. The van der Waals surface area contributed by atoms with Crippen molar-refractivity contribution in [1.82, 2.24) is 4.90 Å². The van der Waals surface area contributed by atoms with Crippen LogP contribution in [0.4, 0.5) is 4.79 Å². The normalized spacial score (nSPS) is 18.9. The Balaban J connectivity index is 1.91. The molecule has 1 unspecified atom stereocenters. The predicted octanol–water partition coefficient (Wildman–Crippen LogP) is 2.52. The maximum atomic E-state index is 11.4. The summed E-state index contributed by atoms with van der Waals surface area (Å²) < 4.78 is 10.9. The van der Waals surface area contributed by atoms with Crippen molar-refractivity contribution in [3.05, 3.63) is 29.3 Å². The molecule has 1 aliphatic heterocycles. The molecule has 0 aliphatic carbocycles. The van der Waals surface area contributed by atoms with Gasteiger partial charge >= 0.3 is 6.09 Å². The van der Waals surface area contributed by atoms with Gasteiger partial charge in [-0.2, -0.15) is 0 Å². The van der Waals surface area contributed by atoms with Gasteiger partial charge in [-0.3, -0.25) is 0 Å². The molecule has 4 heteroatoms. The molecular weight excluding hydrogens is 230 g/mol. The lowest BCUT2D eigenvalue weighted by Crippen LogP contribution is -2.26. The van der Waals surface area contributed by atoms with E-state index in [0.717, 1.165) is 11.3 Å². The zero-order valence-corrected chi connectivity index (χ0v) is 11.1. The van der Waals surface area contributed by atoms with Crippen molar-refractivity contribution in [1.29, 1.82) is 0 Å². The second-order valence-electron chi connectivity index (χ2n) is 4.62. The fourth-order valence-corrected chi connectivity index (χ4v) is 2.06. The summed E-state index contributed by atoms with van der Waals surface area (Å²) in [6, 6.07) is 6.05. The molecule has 1 atom stereocenters. The lowest BCUT2D eigenvalue weighted by molar-refractivity contribution is 0.102. The van der Waals surface area contributed by atoms with Gasteiger partial charge in [0.1, 0.15) is 12.4 Å². The van der Waals surface area contributed by atoms with E-state index in [1.165, 1.54) is 5.56 Å². The Morgan fingerprint density at radius 1 is 1.44 bits per heavy atom. The van der Waals surface area contributed by atoms with Crippen LogP contribution < -0.4 is 4.74 Å². The zero-order chi connectivity index (χ0) is 13.1. The highest BCUT2D eigenvalue weighted by Crippen LogP contribution is 2.20. The molecule has 98 valence electrons. The van der Waals surface area contributed by atoms with Gasteiger partial charge in [-0.25, -0.2) is 4.79 Å². The molecule has 1 aromatic rings. The maximum absolute atomic E-state index is 11.4. The molecule has 1 aromatic carbocycles. The molecule has 1 amide bonds. The van der Waals surface area contributed by atoms with Crippen molar-refractivity contribution in [3.8, 4) is 5.75 Å². The van der Waals surface area contributed by atoms with E-state index < -0.39 is 0 Å². The number of ether oxygens (including phenoxy) is 2. The lowest BCUT2D eigenvalue weighted by Gasteiger charge is -2.13. The first-order valence-electron chi connectivity index (χ1n) is 6.25. The number of aryl methyl sites for hydroxylation is 2. The summed E-state index contributed by atoms with van der Waals surface area (Å²) in [5.74, 6) is 0.853. The van der Waals surface area contributed by atoms with E-state index in [-0.39, 0.29) is 12.2 Å². The van der Waals surface area contributed by atoms with Crippen LogP contribution in [-0.2, 0) is 4.74 Å². The molecule has 0 radical (unpaired) electrons. The monoisotopic (exact) mass is 249 g/mol. The largest absolute Gasteiger partial charge is 0.489 e. The summed E-state index contributed by atoms with van der Waals surface area (Å²) in [4.78, 5) is 13.1. The Kier molecular flexibility index (Phi) is 3.75. The predicted molar refractivity (Wildman–Crippen MR) is 68.9 cm³/mol. The number of rotatable bonds is 4. The number of carbonyl (C=O) groups excluding carboxylic acids is 1. The molecule has 1 aliphatic rings. The van der Waals surface area contributed by atoms with Crippen LogP contribution in [0, 0.1) is 13.8 Å². The number of cyclic esters (lactones) is 1. The van der Waals surface area contributed by atoms with Gasteiger partial charge in [0.2, 0.25) is 0 Å². The standard InChI is InChI=1S/C14H19NO3/c1-4-15-8-12(18-14(15)16)9-17-13-6-5-10(2)7-11(13)3/h5-7,12H,4,8-9H2,1-3H3. The van der Waals surface area contributed by atoms with Crippen LogP contribution in [0.2, 0.25) is 0 Å². The first-order valence-corrected chi connectivity index (χ1v) is 6.25. The Morgan fingerprint density at radius 3 is 2.83 bits per heavy atom. The SMILES string of the molecule is CCN1CC(COc2ccc(C)cc2C)OC1=O. The first kappa shape index (κ1) is 12.7. The van der Waals surface area contributed by atoms with Crippen LogP contribution in [0.5, 0.6) is 5.75 Å². The van der Waals surface area contributed by atoms with Crippen LogP contribution in [-0.4, -0.2) is 36.8 Å². The van der Waals surface area contributed by atoms with Gasteiger partial charge in [-0.1, -0.05) is 17.7 Å². The Bertz CT molecular complexity index is 445. The lowest BCUT2D eigenvalue weighted by atomic mass is 10.1. The number of amides is 1. The van der Waals surface area contributed by atoms with E-state index in [0.29, 0.717) is 19.7 Å². The maximum Gasteiger partial charge on any atom is 0.410 e. The van der Waals surface area contributed by atoms with Crippen molar-refractivity contribution in [2.24, 2.45) is 0 Å². The van der Waals surface area contributed by atoms with Crippen molar-refractivity contribution in [2.45, 2.75) is 26.9 Å². The van der Waals surface area contributed by atoms with Crippen molar-refractivity contribution in [3.63, 3.8) is 0 Å². The molecule has 0 bridgehead atoms. The molecule has 18 heavy (non-hydrogen) atoms. The zero-order valence-electron chi connectivity index (χ0n) is 11.1. The van der Waals surface area contributed by atoms with Gasteiger partial charge in [0, 0.05) is 6.54 Å². The fraction of sp³-hybridized carbons (Fsp3) is 0.500. The van der Waals surface area contributed by atoms with Crippen LogP contribution in [0.15, 0.2) is 18.2 Å². The average molecular weight is 249 g/mol. The fourth-order valence-electron chi connectivity index (χ4n) is 2.06. The Morgan fingerprint density at radius 2 is 2.22 bits per heavy atom. The van der Waals surface area contributed by atoms with Crippen molar-refractivity contribution >= 4 is 6.09 Å². The van der Waals surface area contributed by atoms with Gasteiger partial charge in [-0.15, -0.1) is 0 Å². The van der Waals surface area contributed by atoms with Crippen LogP contribution in [0.1, 0.15) is 18.1 Å². The summed E-state index contributed by atoms with van der Waals surface area (Å²) in [6.45, 7) is 7.70. The van der Waals surface area contributed by atoms with E-state index in [1.807, 2.05) is 26.0 Å². The number of hydrogen-bond acceptors (Lipinski definition) is 3. The highest BCUT2D eigenvalue weighted by molar-refractivity contribution is 5.69. The van der Waals surface area contributed by atoms with Gasteiger partial charge in [-0.05, 0) is 32.4 Å². The summed E-state index contributed by atoms with van der Waals surface area (Å²) in [5, 5.41) is 0. The Labute approximate surface area is 107 Å². The number of nitrogens with zero attached hydrogens (tertiary/aromatic N) is 1. The van der Waals surface area contributed by atoms with Gasteiger partial charge in [0.25, 0.3) is 0 Å². The minimum Gasteiger partial charge on any atom is -0.489 e. The number of likely N-dealkylation sites (N-methyl/N-ethyl adjacent to an activating group) is 1. The molecular formula is C14H19NO3. The summed E-state index contributed by atoms with van der Waals surface area (Å²) in [5.41, 5.74) is 2.32. The highest BCUT2D eigenvalue weighted by Gasteiger charge is 2.30. The summed E-state index contributed by atoms with van der Waals surface area (Å²) >= 11 is 0. The molecule has 0 N–H and O–H groups in total. The third-order valence-electron chi connectivity index (χ3n) is 3.09. The average Bonchev–Trinajstić information content (AvgIpc) is 2.69. The summed E-state index contributed by atoms with van der Waals surface area (Å²) in [7, 11) is 0. The minimum absolute atomic E-state index is 0.168. The van der Waals surface area contributed by atoms with E-state index >= 15 is 0 Å².